The Bertz CT molecular complexity index is 103. The van der Waals surface area contributed by atoms with Gasteiger partial charge in [-0.15, -0.1) is 0 Å². The average Bonchev–Trinajstić information content (AvgIpc) is 2.37. The third kappa shape index (κ3) is 1.53. The van der Waals surface area contributed by atoms with Crippen molar-refractivity contribution >= 4 is 0 Å². The van der Waals surface area contributed by atoms with E-state index in [0.717, 1.165) is 13.1 Å². The van der Waals surface area contributed by atoms with Crippen molar-refractivity contribution in [2.45, 2.75) is 13.0 Å². The van der Waals surface area contributed by atoms with E-state index in [1.165, 1.54) is 0 Å². The average molecular weight is 127 g/mol. The van der Waals surface area contributed by atoms with Crippen molar-refractivity contribution in [2.75, 3.05) is 19.7 Å². The van der Waals surface area contributed by atoms with E-state index in [4.69, 9.17) is 5.11 Å². The molecule has 0 aliphatic carbocycles. The lowest BCUT2D eigenvalue weighted by Crippen LogP contribution is -2.33. The second-order valence-electron chi connectivity index (χ2n) is 2.46. The summed E-state index contributed by atoms with van der Waals surface area (Å²) >= 11 is 0. The van der Waals surface area contributed by atoms with E-state index in [9.17, 15) is 0 Å². The Morgan fingerprint density at radius 2 is 2.11 bits per heavy atom. The SMILES string of the molecule is C[C@@H](CO)N1CC=CC1. The molecule has 0 fully saturated rings. The van der Waals surface area contributed by atoms with Crippen LogP contribution in [-0.2, 0) is 0 Å². The second kappa shape index (κ2) is 2.99. The lowest BCUT2D eigenvalue weighted by Gasteiger charge is -2.20. The first kappa shape index (κ1) is 6.78. The van der Waals surface area contributed by atoms with Crippen LogP contribution in [0.2, 0.25) is 0 Å². The van der Waals surface area contributed by atoms with Crippen LogP contribution in [0.3, 0.4) is 0 Å². The summed E-state index contributed by atoms with van der Waals surface area (Å²) in [5, 5.41) is 8.73. The molecule has 1 heterocycles. The van der Waals surface area contributed by atoms with E-state index in [0.29, 0.717) is 6.04 Å². The van der Waals surface area contributed by atoms with Gasteiger partial charge in [0.15, 0.2) is 0 Å². The Labute approximate surface area is 55.8 Å². The molecule has 1 rings (SSSR count). The highest BCUT2D eigenvalue weighted by Gasteiger charge is 2.11. The minimum absolute atomic E-state index is 0.266. The van der Waals surface area contributed by atoms with Gasteiger partial charge in [0.25, 0.3) is 0 Å². The molecular weight excluding hydrogens is 114 g/mol. The Balaban J connectivity index is 2.27. The van der Waals surface area contributed by atoms with Crippen molar-refractivity contribution in [1.29, 1.82) is 0 Å². The molecule has 2 heteroatoms. The molecule has 1 atom stereocenters. The molecule has 52 valence electrons. The van der Waals surface area contributed by atoms with Crippen molar-refractivity contribution in [3.8, 4) is 0 Å². The fraction of sp³-hybridized carbons (Fsp3) is 0.714. The largest absolute Gasteiger partial charge is 0.395 e. The van der Waals surface area contributed by atoms with E-state index in [2.05, 4.69) is 17.1 Å². The van der Waals surface area contributed by atoms with Gasteiger partial charge >= 0.3 is 0 Å². The highest BCUT2D eigenvalue weighted by atomic mass is 16.3. The lowest BCUT2D eigenvalue weighted by molar-refractivity contribution is 0.163. The van der Waals surface area contributed by atoms with E-state index < -0.39 is 0 Å². The van der Waals surface area contributed by atoms with Crippen LogP contribution in [0.5, 0.6) is 0 Å². The van der Waals surface area contributed by atoms with Crippen LogP contribution in [-0.4, -0.2) is 35.7 Å². The first-order valence-electron chi connectivity index (χ1n) is 3.34. The fourth-order valence-corrected chi connectivity index (χ4v) is 0.970. The molecular formula is C7H13NO. The van der Waals surface area contributed by atoms with Gasteiger partial charge in [-0.05, 0) is 6.92 Å². The van der Waals surface area contributed by atoms with Gasteiger partial charge in [0, 0.05) is 19.1 Å². The van der Waals surface area contributed by atoms with Crippen molar-refractivity contribution in [3.63, 3.8) is 0 Å². The minimum atomic E-state index is 0.266. The van der Waals surface area contributed by atoms with Gasteiger partial charge in [0.05, 0.1) is 6.61 Å². The Morgan fingerprint density at radius 3 is 2.56 bits per heavy atom. The highest BCUT2D eigenvalue weighted by molar-refractivity contribution is 4.96. The molecule has 1 aliphatic rings. The lowest BCUT2D eigenvalue weighted by atomic mass is 10.3. The van der Waals surface area contributed by atoms with E-state index in [-0.39, 0.29) is 6.61 Å². The van der Waals surface area contributed by atoms with Crippen LogP contribution in [0.15, 0.2) is 12.2 Å². The molecule has 0 radical (unpaired) electrons. The Kier molecular flexibility index (Phi) is 2.25. The summed E-state index contributed by atoms with van der Waals surface area (Å²) in [5.41, 5.74) is 0. The predicted octanol–water partition coefficient (Wildman–Crippen LogP) is 0.239. The summed E-state index contributed by atoms with van der Waals surface area (Å²) < 4.78 is 0. The maximum Gasteiger partial charge on any atom is 0.0584 e. The topological polar surface area (TPSA) is 23.5 Å². The predicted molar refractivity (Wildman–Crippen MR) is 37.3 cm³/mol. The molecule has 0 bridgehead atoms. The quantitative estimate of drug-likeness (QED) is 0.537. The van der Waals surface area contributed by atoms with Crippen LogP contribution in [0, 0.1) is 0 Å². The van der Waals surface area contributed by atoms with Crippen molar-refractivity contribution in [1.82, 2.24) is 4.90 Å². The third-order valence-electron chi connectivity index (χ3n) is 1.73. The highest BCUT2D eigenvalue weighted by Crippen LogP contribution is 2.03. The van der Waals surface area contributed by atoms with Gasteiger partial charge in [0.1, 0.15) is 0 Å². The normalized spacial score (nSPS) is 22.9. The molecule has 0 aromatic heterocycles. The van der Waals surface area contributed by atoms with Crippen molar-refractivity contribution in [3.05, 3.63) is 12.2 Å². The molecule has 0 amide bonds. The van der Waals surface area contributed by atoms with Crippen molar-refractivity contribution in [2.24, 2.45) is 0 Å². The molecule has 0 aromatic rings. The monoisotopic (exact) mass is 127 g/mol. The van der Waals surface area contributed by atoms with Gasteiger partial charge in [0.2, 0.25) is 0 Å². The number of hydrogen-bond donors (Lipinski definition) is 1. The zero-order valence-corrected chi connectivity index (χ0v) is 5.75. The first-order chi connectivity index (χ1) is 4.34. The Morgan fingerprint density at radius 1 is 1.56 bits per heavy atom. The molecule has 9 heavy (non-hydrogen) atoms. The first-order valence-corrected chi connectivity index (χ1v) is 3.34. The molecule has 0 spiro atoms. The molecule has 0 unspecified atom stereocenters. The van der Waals surface area contributed by atoms with Gasteiger partial charge in [-0.25, -0.2) is 0 Å². The van der Waals surface area contributed by atoms with Crippen LogP contribution < -0.4 is 0 Å². The van der Waals surface area contributed by atoms with Crippen LogP contribution in [0.4, 0.5) is 0 Å². The Hall–Kier alpha value is -0.340. The van der Waals surface area contributed by atoms with Crippen LogP contribution in [0.25, 0.3) is 0 Å². The van der Waals surface area contributed by atoms with Gasteiger partial charge < -0.3 is 5.11 Å². The van der Waals surface area contributed by atoms with Gasteiger partial charge in [-0.1, -0.05) is 12.2 Å². The number of aliphatic hydroxyl groups is 1. The summed E-state index contributed by atoms with van der Waals surface area (Å²) in [4.78, 5) is 2.22. The maximum atomic E-state index is 8.73. The maximum absolute atomic E-state index is 8.73. The van der Waals surface area contributed by atoms with E-state index >= 15 is 0 Å². The summed E-state index contributed by atoms with van der Waals surface area (Å²) in [6.07, 6.45) is 4.26. The van der Waals surface area contributed by atoms with Crippen molar-refractivity contribution < 1.29 is 5.11 Å². The van der Waals surface area contributed by atoms with E-state index in [1.807, 2.05) is 6.92 Å². The summed E-state index contributed by atoms with van der Waals surface area (Å²) in [6.45, 7) is 4.30. The number of nitrogens with zero attached hydrogens (tertiary/aromatic N) is 1. The van der Waals surface area contributed by atoms with Crippen LogP contribution >= 0.6 is 0 Å². The standard InChI is InChI=1S/C7H13NO/c1-7(6-9)8-4-2-3-5-8/h2-3,7,9H,4-6H2,1H3/t7-/m0/s1. The molecule has 0 saturated carbocycles. The molecule has 2 nitrogen and oxygen atoms in total. The minimum Gasteiger partial charge on any atom is -0.395 e. The number of hydrogen-bond acceptors (Lipinski definition) is 2. The number of rotatable bonds is 2. The zero-order chi connectivity index (χ0) is 6.69. The third-order valence-corrected chi connectivity index (χ3v) is 1.73. The van der Waals surface area contributed by atoms with Crippen LogP contribution in [0.1, 0.15) is 6.92 Å². The molecule has 0 aromatic carbocycles. The summed E-state index contributed by atoms with van der Waals surface area (Å²) in [6, 6.07) is 0.319. The fourth-order valence-electron chi connectivity index (χ4n) is 0.970. The smallest absolute Gasteiger partial charge is 0.0584 e. The van der Waals surface area contributed by atoms with Gasteiger partial charge in [-0.2, -0.15) is 0 Å². The zero-order valence-electron chi connectivity index (χ0n) is 5.75. The van der Waals surface area contributed by atoms with Gasteiger partial charge in [-0.3, -0.25) is 4.90 Å². The number of aliphatic hydroxyl groups excluding tert-OH is 1. The van der Waals surface area contributed by atoms with E-state index in [1.54, 1.807) is 0 Å². The second-order valence-corrected chi connectivity index (χ2v) is 2.46. The summed E-state index contributed by atoms with van der Waals surface area (Å²) in [7, 11) is 0. The molecule has 1 N–H and O–H groups in total. The summed E-state index contributed by atoms with van der Waals surface area (Å²) in [5.74, 6) is 0. The molecule has 1 aliphatic heterocycles. The molecule has 0 saturated heterocycles.